The number of nitrogens with zero attached hydrogens (tertiary/aromatic N) is 1. The quantitative estimate of drug-likeness (QED) is 0.375. The summed E-state index contributed by atoms with van der Waals surface area (Å²) in [6.45, 7) is 4.27. The molecule has 0 radical (unpaired) electrons. The number of hydrazine groups is 1. The fourth-order valence-corrected chi connectivity index (χ4v) is 3.10. The first-order valence-electron chi connectivity index (χ1n) is 9.83. The van der Waals surface area contributed by atoms with Crippen LogP contribution in [0, 0.1) is 0 Å². The van der Waals surface area contributed by atoms with Gasteiger partial charge in [-0.3, -0.25) is 19.8 Å². The second-order valence-corrected chi connectivity index (χ2v) is 7.58. The van der Waals surface area contributed by atoms with Gasteiger partial charge in [0.25, 0.3) is 17.7 Å². The van der Waals surface area contributed by atoms with Gasteiger partial charge in [-0.1, -0.05) is 37.3 Å². The SMILES string of the molecule is CCCNC(=O)C[NH+](C)CC(=O)NN1C(=O)N[C@@](C)(CCc2ccccc2)C1=O. The highest BCUT2D eigenvalue weighted by atomic mass is 16.2. The molecule has 158 valence electrons. The van der Waals surface area contributed by atoms with Crippen molar-refractivity contribution in [3.63, 3.8) is 0 Å². The minimum Gasteiger partial charge on any atom is -0.351 e. The Balaban J connectivity index is 1.87. The fourth-order valence-electron chi connectivity index (χ4n) is 3.10. The Labute approximate surface area is 170 Å². The summed E-state index contributed by atoms with van der Waals surface area (Å²) in [5, 5.41) is 6.14. The molecule has 0 aromatic heterocycles. The monoisotopic (exact) mass is 404 g/mol. The Morgan fingerprint density at radius 3 is 2.45 bits per heavy atom. The molecule has 4 N–H and O–H groups in total. The molecule has 9 nitrogen and oxygen atoms in total. The van der Waals surface area contributed by atoms with Crippen LogP contribution in [0.15, 0.2) is 30.3 Å². The molecule has 1 aliphatic heterocycles. The zero-order valence-electron chi connectivity index (χ0n) is 17.2. The van der Waals surface area contributed by atoms with Crippen molar-refractivity contribution in [2.24, 2.45) is 0 Å². The van der Waals surface area contributed by atoms with E-state index < -0.39 is 23.4 Å². The molecular formula is C20H30N5O4+. The number of urea groups is 1. The number of amides is 5. The second kappa shape index (κ2) is 10.0. The summed E-state index contributed by atoms with van der Waals surface area (Å²) >= 11 is 0. The van der Waals surface area contributed by atoms with Gasteiger partial charge in [0.1, 0.15) is 5.54 Å². The van der Waals surface area contributed by atoms with Gasteiger partial charge in [-0.25, -0.2) is 4.79 Å². The summed E-state index contributed by atoms with van der Waals surface area (Å²) in [6.07, 6.45) is 1.86. The molecule has 0 spiro atoms. The number of likely N-dealkylation sites (N-methyl/N-ethyl adjacent to an activating group) is 1. The third-order valence-electron chi connectivity index (χ3n) is 4.75. The van der Waals surface area contributed by atoms with Crippen molar-refractivity contribution in [3.8, 4) is 0 Å². The van der Waals surface area contributed by atoms with Crippen LogP contribution in [0.5, 0.6) is 0 Å². The van der Waals surface area contributed by atoms with Gasteiger partial charge in [0, 0.05) is 6.54 Å². The summed E-state index contributed by atoms with van der Waals surface area (Å²) in [7, 11) is 1.70. The van der Waals surface area contributed by atoms with Crippen LogP contribution in [0.2, 0.25) is 0 Å². The molecule has 1 saturated heterocycles. The molecule has 2 rings (SSSR count). The molecule has 5 amide bonds. The van der Waals surface area contributed by atoms with Gasteiger partial charge >= 0.3 is 6.03 Å². The number of nitrogens with one attached hydrogen (secondary N) is 4. The molecule has 1 unspecified atom stereocenters. The standard InChI is InChI=1S/C20H29N5O4/c1-4-12-21-16(26)13-24(3)14-17(27)23-25-18(28)20(2,22-19(25)29)11-10-15-8-6-5-7-9-15/h5-9H,4,10-14H2,1-3H3,(H,21,26)(H,22,29)(H,23,27)/p+1/t20-/m0/s1. The number of imide groups is 1. The van der Waals surface area contributed by atoms with E-state index in [9.17, 15) is 19.2 Å². The van der Waals surface area contributed by atoms with Crippen LogP contribution in [0.25, 0.3) is 0 Å². The molecule has 1 aliphatic rings. The normalized spacial score (nSPS) is 19.6. The number of carbonyl (C=O) groups excluding carboxylic acids is 4. The van der Waals surface area contributed by atoms with E-state index in [1.807, 2.05) is 37.3 Å². The van der Waals surface area contributed by atoms with Crippen LogP contribution in [0.4, 0.5) is 4.79 Å². The van der Waals surface area contributed by atoms with Gasteiger partial charge < -0.3 is 15.5 Å². The molecule has 1 heterocycles. The lowest BCUT2D eigenvalue weighted by Crippen LogP contribution is -3.11. The lowest BCUT2D eigenvalue weighted by Gasteiger charge is -2.22. The molecule has 29 heavy (non-hydrogen) atoms. The van der Waals surface area contributed by atoms with E-state index in [2.05, 4.69) is 16.1 Å². The Hall–Kier alpha value is -2.94. The van der Waals surface area contributed by atoms with Crippen molar-refractivity contribution in [1.29, 1.82) is 0 Å². The Kier molecular flexibility index (Phi) is 7.72. The first-order chi connectivity index (χ1) is 13.7. The van der Waals surface area contributed by atoms with Gasteiger partial charge in [-0.05, 0) is 31.7 Å². The molecule has 1 aromatic rings. The van der Waals surface area contributed by atoms with Crippen molar-refractivity contribution in [2.45, 2.75) is 38.6 Å². The van der Waals surface area contributed by atoms with E-state index in [0.717, 1.165) is 17.0 Å². The summed E-state index contributed by atoms with van der Waals surface area (Å²) < 4.78 is 0. The summed E-state index contributed by atoms with van der Waals surface area (Å²) in [5.41, 5.74) is 2.34. The number of rotatable bonds is 10. The van der Waals surface area contributed by atoms with Crippen molar-refractivity contribution < 1.29 is 24.1 Å². The molecule has 0 bridgehead atoms. The molecule has 1 fully saturated rings. The van der Waals surface area contributed by atoms with Gasteiger partial charge in [0.15, 0.2) is 13.1 Å². The topological polar surface area (TPSA) is 112 Å². The minimum atomic E-state index is -1.08. The zero-order chi connectivity index (χ0) is 21.4. The lowest BCUT2D eigenvalue weighted by atomic mass is 9.93. The van der Waals surface area contributed by atoms with E-state index in [1.54, 1.807) is 14.0 Å². The highest BCUT2D eigenvalue weighted by Gasteiger charge is 2.48. The predicted octanol–water partition coefficient (Wildman–Crippen LogP) is -0.998. The van der Waals surface area contributed by atoms with Crippen molar-refractivity contribution in [3.05, 3.63) is 35.9 Å². The molecule has 0 saturated carbocycles. The third kappa shape index (κ3) is 6.28. The van der Waals surface area contributed by atoms with Crippen molar-refractivity contribution in [1.82, 2.24) is 21.1 Å². The van der Waals surface area contributed by atoms with Gasteiger partial charge in [0.05, 0.1) is 7.05 Å². The maximum Gasteiger partial charge on any atom is 0.344 e. The molecule has 9 heteroatoms. The molecule has 1 aromatic carbocycles. The number of aryl methyl sites for hydroxylation is 1. The predicted molar refractivity (Wildman–Crippen MR) is 107 cm³/mol. The zero-order valence-corrected chi connectivity index (χ0v) is 17.2. The lowest BCUT2D eigenvalue weighted by molar-refractivity contribution is -0.862. The average Bonchev–Trinajstić information content (AvgIpc) is 2.89. The first-order valence-corrected chi connectivity index (χ1v) is 9.83. The largest absolute Gasteiger partial charge is 0.351 e. The number of carbonyl (C=O) groups is 4. The molecular weight excluding hydrogens is 374 g/mol. The Morgan fingerprint density at radius 2 is 1.79 bits per heavy atom. The van der Waals surface area contributed by atoms with E-state index in [-0.39, 0.29) is 19.0 Å². The van der Waals surface area contributed by atoms with Crippen LogP contribution in [0.1, 0.15) is 32.3 Å². The highest BCUT2D eigenvalue weighted by molar-refractivity contribution is 6.07. The number of hydrogen-bond donors (Lipinski definition) is 4. The second-order valence-electron chi connectivity index (χ2n) is 7.58. The molecule has 2 atom stereocenters. The van der Waals surface area contributed by atoms with Gasteiger partial charge in [-0.2, -0.15) is 5.01 Å². The minimum absolute atomic E-state index is 0.0443. The van der Waals surface area contributed by atoms with Crippen LogP contribution >= 0.6 is 0 Å². The summed E-state index contributed by atoms with van der Waals surface area (Å²) in [4.78, 5) is 49.6. The van der Waals surface area contributed by atoms with Crippen molar-refractivity contribution in [2.75, 3.05) is 26.7 Å². The van der Waals surface area contributed by atoms with Gasteiger partial charge in [-0.15, -0.1) is 0 Å². The number of quaternary nitrogens is 1. The van der Waals surface area contributed by atoms with Crippen LogP contribution in [-0.2, 0) is 20.8 Å². The van der Waals surface area contributed by atoms with E-state index in [0.29, 0.717) is 24.3 Å². The molecule has 0 aliphatic carbocycles. The van der Waals surface area contributed by atoms with Crippen LogP contribution < -0.4 is 21.0 Å². The van der Waals surface area contributed by atoms with Crippen LogP contribution in [0.3, 0.4) is 0 Å². The average molecular weight is 404 g/mol. The highest BCUT2D eigenvalue weighted by Crippen LogP contribution is 2.22. The van der Waals surface area contributed by atoms with E-state index in [4.69, 9.17) is 0 Å². The van der Waals surface area contributed by atoms with E-state index in [1.165, 1.54) is 0 Å². The smallest absolute Gasteiger partial charge is 0.344 e. The van der Waals surface area contributed by atoms with Gasteiger partial charge in [0.2, 0.25) is 0 Å². The maximum absolute atomic E-state index is 12.7. The Bertz CT molecular complexity index is 754. The number of hydrogen-bond acceptors (Lipinski definition) is 4. The summed E-state index contributed by atoms with van der Waals surface area (Å²) in [6, 6.07) is 9.01. The van der Waals surface area contributed by atoms with Crippen LogP contribution in [-0.4, -0.2) is 61.0 Å². The first kappa shape index (κ1) is 22.4. The maximum atomic E-state index is 12.7. The summed E-state index contributed by atoms with van der Waals surface area (Å²) in [5.74, 6) is -1.16. The van der Waals surface area contributed by atoms with Crippen molar-refractivity contribution >= 4 is 23.8 Å². The van der Waals surface area contributed by atoms with E-state index >= 15 is 0 Å². The Morgan fingerprint density at radius 1 is 1.14 bits per heavy atom. The fraction of sp³-hybridized carbons (Fsp3) is 0.500. The third-order valence-corrected chi connectivity index (χ3v) is 4.75. The number of benzene rings is 1.